The number of carbonyl (C=O) groups is 1. The zero-order chi connectivity index (χ0) is 7.28. The summed E-state index contributed by atoms with van der Waals surface area (Å²) >= 11 is 5.53. The molecule has 0 fully saturated rings. The van der Waals surface area contributed by atoms with Crippen LogP contribution >= 0.6 is 11.6 Å². The van der Waals surface area contributed by atoms with Crippen molar-refractivity contribution in [2.45, 2.75) is 18.7 Å². The highest BCUT2D eigenvalue weighted by Gasteiger charge is 1.97. The summed E-state index contributed by atoms with van der Waals surface area (Å²) in [5.74, 6) is 0. The van der Waals surface area contributed by atoms with Gasteiger partial charge in [0, 0.05) is 5.38 Å². The minimum absolute atomic E-state index is 0.0318. The lowest BCUT2D eigenvalue weighted by molar-refractivity contribution is 0.155. The molecular weight excluding hydrogens is 142 g/mol. The molecule has 0 saturated carbocycles. The molecule has 0 rings (SSSR count). The molecule has 54 valence electrons. The molecule has 0 heterocycles. The highest BCUT2D eigenvalue weighted by atomic mass is 35.5. The smallest absolute Gasteiger partial charge is 0.404 e. The molecule has 0 radical (unpaired) electrons. The van der Waals surface area contributed by atoms with Crippen LogP contribution in [-0.4, -0.2) is 18.1 Å². The Kier molecular flexibility index (Phi) is 4.22. The van der Waals surface area contributed by atoms with Crippen molar-refractivity contribution in [3.05, 3.63) is 0 Å². The van der Waals surface area contributed by atoms with Gasteiger partial charge in [0.25, 0.3) is 0 Å². The van der Waals surface area contributed by atoms with E-state index in [1.54, 1.807) is 0 Å². The van der Waals surface area contributed by atoms with Gasteiger partial charge in [0.05, 0.1) is 6.61 Å². The normalized spacial score (nSPS) is 12.7. The number of hydrogen-bond donors (Lipinski definition) is 1. The Balaban J connectivity index is 3.01. The molecule has 0 aliphatic rings. The average molecular weight is 152 g/mol. The molecule has 4 heteroatoms. The Labute approximate surface area is 59.1 Å². The molecule has 0 bridgehead atoms. The van der Waals surface area contributed by atoms with Gasteiger partial charge in [-0.05, 0) is 13.3 Å². The highest BCUT2D eigenvalue weighted by Crippen LogP contribution is 1.98. The summed E-state index contributed by atoms with van der Waals surface area (Å²) in [6, 6.07) is 0. The Morgan fingerprint density at radius 2 is 2.44 bits per heavy atom. The van der Waals surface area contributed by atoms with E-state index >= 15 is 0 Å². The van der Waals surface area contributed by atoms with Gasteiger partial charge in [0.2, 0.25) is 0 Å². The monoisotopic (exact) mass is 151 g/mol. The van der Waals surface area contributed by atoms with Crippen molar-refractivity contribution in [2.75, 3.05) is 6.61 Å². The Bertz CT molecular complexity index is 95.0. The standard InChI is InChI=1S/C5H10ClNO2/c1-4(6)2-3-9-5(7)8/h4H,2-3H2,1H3,(H2,7,8). The molecule has 9 heavy (non-hydrogen) atoms. The van der Waals surface area contributed by atoms with Crippen molar-refractivity contribution in [3.63, 3.8) is 0 Å². The number of hydrogen-bond acceptors (Lipinski definition) is 2. The van der Waals surface area contributed by atoms with Gasteiger partial charge in [-0.3, -0.25) is 0 Å². The molecule has 1 unspecified atom stereocenters. The van der Waals surface area contributed by atoms with E-state index in [4.69, 9.17) is 11.6 Å². The van der Waals surface area contributed by atoms with Crippen LogP contribution in [0.5, 0.6) is 0 Å². The maximum absolute atomic E-state index is 9.94. The molecule has 1 amide bonds. The lowest BCUT2D eigenvalue weighted by atomic mass is 10.3. The quantitative estimate of drug-likeness (QED) is 0.615. The molecule has 1 atom stereocenters. The van der Waals surface area contributed by atoms with Crippen LogP contribution in [0.25, 0.3) is 0 Å². The first kappa shape index (κ1) is 8.56. The van der Waals surface area contributed by atoms with Crippen molar-refractivity contribution < 1.29 is 9.53 Å². The second-order valence-electron chi connectivity index (χ2n) is 1.74. The van der Waals surface area contributed by atoms with Crippen LogP contribution in [0.1, 0.15) is 13.3 Å². The van der Waals surface area contributed by atoms with Crippen molar-refractivity contribution in [2.24, 2.45) is 5.73 Å². The van der Waals surface area contributed by atoms with Crippen molar-refractivity contribution in [3.8, 4) is 0 Å². The molecule has 0 aromatic rings. The molecule has 0 aliphatic carbocycles. The third-order valence-electron chi connectivity index (χ3n) is 0.760. The molecular formula is C5H10ClNO2. The number of rotatable bonds is 3. The summed E-state index contributed by atoms with van der Waals surface area (Å²) in [6.07, 6.45) is -0.0999. The van der Waals surface area contributed by atoms with E-state index in [-0.39, 0.29) is 5.38 Å². The number of primary amides is 1. The Morgan fingerprint density at radius 1 is 1.89 bits per heavy atom. The maximum Gasteiger partial charge on any atom is 0.404 e. The minimum atomic E-state index is -0.743. The summed E-state index contributed by atoms with van der Waals surface area (Å²) in [7, 11) is 0. The number of carbonyl (C=O) groups excluding carboxylic acids is 1. The molecule has 0 spiro atoms. The fourth-order valence-corrected chi connectivity index (χ4v) is 0.411. The second-order valence-corrected chi connectivity index (χ2v) is 2.48. The van der Waals surface area contributed by atoms with Gasteiger partial charge in [-0.1, -0.05) is 0 Å². The summed E-state index contributed by atoms with van der Waals surface area (Å²) in [6.45, 7) is 2.13. The Hall–Kier alpha value is -0.440. The number of ether oxygens (including phenoxy) is 1. The SMILES string of the molecule is CC(Cl)CCOC(N)=O. The van der Waals surface area contributed by atoms with Crippen molar-refractivity contribution in [1.82, 2.24) is 0 Å². The van der Waals surface area contributed by atoms with Crippen LogP contribution in [0.3, 0.4) is 0 Å². The summed E-state index contributed by atoms with van der Waals surface area (Å²) in [5.41, 5.74) is 4.67. The lowest BCUT2D eigenvalue weighted by Crippen LogP contribution is -2.14. The zero-order valence-corrected chi connectivity index (χ0v) is 6.02. The van der Waals surface area contributed by atoms with Crippen LogP contribution < -0.4 is 5.73 Å². The number of alkyl halides is 1. The van der Waals surface area contributed by atoms with Crippen LogP contribution in [0.15, 0.2) is 0 Å². The number of halogens is 1. The maximum atomic E-state index is 9.94. The predicted molar refractivity (Wildman–Crippen MR) is 35.5 cm³/mol. The fourth-order valence-electron chi connectivity index (χ4n) is 0.322. The van der Waals surface area contributed by atoms with Crippen LogP contribution in [0.4, 0.5) is 4.79 Å². The number of amides is 1. The topological polar surface area (TPSA) is 52.3 Å². The van der Waals surface area contributed by atoms with Gasteiger partial charge in [-0.15, -0.1) is 11.6 Å². The van der Waals surface area contributed by atoms with Gasteiger partial charge in [0.1, 0.15) is 0 Å². The van der Waals surface area contributed by atoms with E-state index in [1.165, 1.54) is 0 Å². The van der Waals surface area contributed by atoms with Gasteiger partial charge in [0.15, 0.2) is 0 Å². The predicted octanol–water partition coefficient (Wildman–Crippen LogP) is 1.10. The van der Waals surface area contributed by atoms with Crippen LogP contribution in [0, 0.1) is 0 Å². The lowest BCUT2D eigenvalue weighted by Gasteiger charge is -2.01. The largest absolute Gasteiger partial charge is 0.450 e. The Morgan fingerprint density at radius 3 is 2.78 bits per heavy atom. The van der Waals surface area contributed by atoms with Gasteiger partial charge in [-0.2, -0.15) is 0 Å². The molecule has 0 aliphatic heterocycles. The van der Waals surface area contributed by atoms with E-state index in [2.05, 4.69) is 10.5 Å². The first-order valence-corrected chi connectivity index (χ1v) is 3.13. The summed E-state index contributed by atoms with van der Waals surface area (Å²) in [5, 5.41) is 0.0318. The van der Waals surface area contributed by atoms with E-state index in [0.29, 0.717) is 13.0 Å². The van der Waals surface area contributed by atoms with E-state index in [9.17, 15) is 4.79 Å². The molecule has 0 aromatic carbocycles. The van der Waals surface area contributed by atoms with Gasteiger partial charge < -0.3 is 10.5 Å². The average Bonchev–Trinajstić information content (AvgIpc) is 1.63. The van der Waals surface area contributed by atoms with Gasteiger partial charge in [-0.25, -0.2) is 4.79 Å². The number of nitrogens with two attached hydrogens (primary N) is 1. The second kappa shape index (κ2) is 4.44. The van der Waals surface area contributed by atoms with Crippen molar-refractivity contribution >= 4 is 17.7 Å². The zero-order valence-electron chi connectivity index (χ0n) is 5.26. The summed E-state index contributed by atoms with van der Waals surface area (Å²) < 4.78 is 4.41. The first-order chi connectivity index (χ1) is 4.13. The first-order valence-electron chi connectivity index (χ1n) is 2.69. The molecule has 3 nitrogen and oxygen atoms in total. The third-order valence-corrected chi connectivity index (χ3v) is 0.978. The van der Waals surface area contributed by atoms with Gasteiger partial charge >= 0.3 is 6.09 Å². The minimum Gasteiger partial charge on any atom is -0.450 e. The third kappa shape index (κ3) is 7.56. The van der Waals surface area contributed by atoms with Crippen LogP contribution in [-0.2, 0) is 4.74 Å². The fraction of sp³-hybridized carbons (Fsp3) is 0.800. The molecule has 2 N–H and O–H groups in total. The highest BCUT2D eigenvalue weighted by molar-refractivity contribution is 6.20. The molecule has 0 saturated heterocycles. The molecule has 0 aromatic heterocycles. The van der Waals surface area contributed by atoms with Crippen molar-refractivity contribution in [1.29, 1.82) is 0 Å². The van der Waals surface area contributed by atoms with E-state index in [1.807, 2.05) is 6.92 Å². The van der Waals surface area contributed by atoms with Crippen LogP contribution in [0.2, 0.25) is 0 Å². The summed E-state index contributed by atoms with van der Waals surface area (Å²) in [4.78, 5) is 9.94. The van der Waals surface area contributed by atoms with E-state index < -0.39 is 6.09 Å². The van der Waals surface area contributed by atoms with E-state index in [0.717, 1.165) is 0 Å².